The smallest absolute Gasteiger partial charge is 0.0931 e. The Bertz CT molecular complexity index is 464. The van der Waals surface area contributed by atoms with Crippen LogP contribution in [0.3, 0.4) is 0 Å². The van der Waals surface area contributed by atoms with E-state index >= 15 is 0 Å². The number of imidazole rings is 1. The summed E-state index contributed by atoms with van der Waals surface area (Å²) in [5.74, 6) is 0. The first-order chi connectivity index (χ1) is 7.70. The molecular weight excluding hydrogens is 202 g/mol. The van der Waals surface area contributed by atoms with E-state index in [1.165, 1.54) is 0 Å². The molecule has 0 amide bonds. The Morgan fingerprint density at radius 2 is 2.31 bits per heavy atom. The third-order valence-electron chi connectivity index (χ3n) is 2.66. The maximum absolute atomic E-state index is 5.82. The van der Waals surface area contributed by atoms with Crippen LogP contribution >= 0.6 is 0 Å². The molecule has 0 aliphatic carbocycles. The van der Waals surface area contributed by atoms with Crippen molar-refractivity contribution < 1.29 is 0 Å². The molecule has 0 bridgehead atoms. The second-order valence-corrected chi connectivity index (χ2v) is 3.98. The summed E-state index contributed by atoms with van der Waals surface area (Å²) in [5.41, 5.74) is 14.4. The fourth-order valence-electron chi connectivity index (χ4n) is 1.69. The minimum atomic E-state index is 0.00228. The van der Waals surface area contributed by atoms with Crippen molar-refractivity contribution >= 4 is 16.7 Å². The second kappa shape index (κ2) is 4.51. The highest BCUT2D eigenvalue weighted by atomic mass is 15.1. The first-order valence-corrected chi connectivity index (χ1v) is 5.30. The van der Waals surface area contributed by atoms with E-state index in [2.05, 4.69) is 20.9 Å². The molecule has 1 aromatic carbocycles. The zero-order valence-corrected chi connectivity index (χ0v) is 9.35. The van der Waals surface area contributed by atoms with E-state index < -0.39 is 0 Å². The summed E-state index contributed by atoms with van der Waals surface area (Å²) in [5, 5.41) is 0. The number of benzene rings is 1. The maximum Gasteiger partial charge on any atom is 0.0931 e. The Balaban J connectivity index is 2.18. The Kier molecular flexibility index (Phi) is 3.07. The highest BCUT2D eigenvalue weighted by Crippen LogP contribution is 2.18. The Morgan fingerprint density at radius 3 is 3.06 bits per heavy atom. The van der Waals surface area contributed by atoms with E-state index in [0.29, 0.717) is 6.54 Å². The summed E-state index contributed by atoms with van der Waals surface area (Å²) < 4.78 is 0. The highest BCUT2D eigenvalue weighted by molar-refractivity contribution is 5.78. The molecule has 0 saturated carbocycles. The fraction of sp³-hybridized carbons (Fsp3) is 0.364. The van der Waals surface area contributed by atoms with Crippen molar-refractivity contribution in [3.8, 4) is 0 Å². The van der Waals surface area contributed by atoms with Gasteiger partial charge in [0.25, 0.3) is 0 Å². The van der Waals surface area contributed by atoms with Gasteiger partial charge < -0.3 is 21.4 Å². The van der Waals surface area contributed by atoms with E-state index in [4.69, 9.17) is 11.5 Å². The van der Waals surface area contributed by atoms with Crippen LogP contribution in [-0.4, -0.2) is 36.1 Å². The van der Waals surface area contributed by atoms with Gasteiger partial charge in [0.1, 0.15) is 0 Å². The van der Waals surface area contributed by atoms with Gasteiger partial charge in [-0.1, -0.05) is 0 Å². The first kappa shape index (κ1) is 10.9. The lowest BCUT2D eigenvalue weighted by Crippen LogP contribution is -2.40. The van der Waals surface area contributed by atoms with Crippen LogP contribution in [0, 0.1) is 0 Å². The Morgan fingerprint density at radius 1 is 1.50 bits per heavy atom. The molecule has 0 radical (unpaired) electrons. The molecule has 86 valence electrons. The molecule has 2 aromatic rings. The van der Waals surface area contributed by atoms with Crippen LogP contribution in [0.25, 0.3) is 11.0 Å². The number of likely N-dealkylation sites (N-methyl/N-ethyl adjacent to an activating group) is 1. The lowest BCUT2D eigenvalue weighted by atomic mass is 10.2. The monoisotopic (exact) mass is 219 g/mol. The lowest BCUT2D eigenvalue weighted by molar-refractivity contribution is 0.668. The number of fused-ring (bicyclic) bond motifs is 1. The molecule has 5 N–H and O–H groups in total. The minimum Gasteiger partial charge on any atom is -0.373 e. The summed E-state index contributed by atoms with van der Waals surface area (Å²) in [4.78, 5) is 9.36. The molecule has 2 rings (SSSR count). The molecule has 0 saturated heterocycles. The average molecular weight is 219 g/mol. The molecule has 5 nitrogen and oxygen atoms in total. The van der Waals surface area contributed by atoms with Gasteiger partial charge in [0.05, 0.1) is 17.4 Å². The van der Waals surface area contributed by atoms with Gasteiger partial charge in [-0.05, 0) is 18.2 Å². The molecule has 1 atom stereocenters. The number of nitrogens with two attached hydrogens (primary N) is 2. The number of H-pyrrole nitrogens is 1. The van der Waals surface area contributed by atoms with Crippen LogP contribution in [0.5, 0.6) is 0 Å². The van der Waals surface area contributed by atoms with Gasteiger partial charge in [-0.2, -0.15) is 0 Å². The van der Waals surface area contributed by atoms with Gasteiger partial charge in [-0.15, -0.1) is 0 Å². The Hall–Kier alpha value is -1.59. The number of hydrogen-bond acceptors (Lipinski definition) is 4. The van der Waals surface area contributed by atoms with Gasteiger partial charge >= 0.3 is 0 Å². The molecule has 0 spiro atoms. The second-order valence-electron chi connectivity index (χ2n) is 3.98. The molecule has 16 heavy (non-hydrogen) atoms. The van der Waals surface area contributed by atoms with Crippen molar-refractivity contribution in [3.63, 3.8) is 0 Å². The molecule has 0 aliphatic heterocycles. The molecule has 1 unspecified atom stereocenters. The van der Waals surface area contributed by atoms with E-state index in [0.717, 1.165) is 23.3 Å². The third-order valence-corrected chi connectivity index (χ3v) is 2.66. The number of nitrogens with one attached hydrogen (secondary N) is 1. The zero-order chi connectivity index (χ0) is 11.5. The van der Waals surface area contributed by atoms with Gasteiger partial charge in [0, 0.05) is 31.9 Å². The summed E-state index contributed by atoms with van der Waals surface area (Å²) in [6.45, 7) is 1.24. The van der Waals surface area contributed by atoms with Crippen LogP contribution in [0.2, 0.25) is 0 Å². The fourth-order valence-corrected chi connectivity index (χ4v) is 1.69. The van der Waals surface area contributed by atoms with Crippen molar-refractivity contribution in [2.45, 2.75) is 6.04 Å². The summed E-state index contributed by atoms with van der Waals surface area (Å²) in [7, 11) is 2.01. The van der Waals surface area contributed by atoms with Crippen molar-refractivity contribution in [2.75, 3.05) is 25.0 Å². The summed E-state index contributed by atoms with van der Waals surface area (Å²) >= 11 is 0. The zero-order valence-electron chi connectivity index (χ0n) is 9.35. The minimum absolute atomic E-state index is 0.00228. The Labute approximate surface area is 94.4 Å². The standard InChI is InChI=1S/C11H17N5/c1-16(6-8(13)5-12)9-2-3-10-11(4-9)15-7-14-10/h2-4,7-8H,5-6,12-13H2,1H3,(H,14,15). The SMILES string of the molecule is CN(CC(N)CN)c1ccc2nc[nH]c2c1. The predicted octanol–water partition coefficient (Wildman–Crippen LogP) is 0.285. The van der Waals surface area contributed by atoms with Crippen LogP contribution in [0.1, 0.15) is 0 Å². The predicted molar refractivity (Wildman–Crippen MR) is 66.4 cm³/mol. The van der Waals surface area contributed by atoms with Crippen molar-refractivity contribution in [1.29, 1.82) is 0 Å². The van der Waals surface area contributed by atoms with E-state index in [9.17, 15) is 0 Å². The average Bonchev–Trinajstić information content (AvgIpc) is 2.75. The first-order valence-electron chi connectivity index (χ1n) is 5.30. The van der Waals surface area contributed by atoms with E-state index in [-0.39, 0.29) is 6.04 Å². The van der Waals surface area contributed by atoms with Crippen LogP contribution in [0.4, 0.5) is 5.69 Å². The quantitative estimate of drug-likeness (QED) is 0.690. The summed E-state index contributed by atoms with van der Waals surface area (Å²) in [6, 6.07) is 6.09. The normalized spacial score (nSPS) is 12.9. The van der Waals surface area contributed by atoms with E-state index in [1.54, 1.807) is 6.33 Å². The number of hydrogen-bond donors (Lipinski definition) is 3. The van der Waals surface area contributed by atoms with Crippen LogP contribution < -0.4 is 16.4 Å². The van der Waals surface area contributed by atoms with Gasteiger partial charge in [-0.25, -0.2) is 4.98 Å². The van der Waals surface area contributed by atoms with Crippen molar-refractivity contribution in [1.82, 2.24) is 9.97 Å². The van der Waals surface area contributed by atoms with Gasteiger partial charge in [-0.3, -0.25) is 0 Å². The number of rotatable bonds is 4. The molecule has 1 heterocycles. The lowest BCUT2D eigenvalue weighted by Gasteiger charge is -2.22. The summed E-state index contributed by atoms with van der Waals surface area (Å²) in [6.07, 6.45) is 1.69. The topological polar surface area (TPSA) is 84.0 Å². The number of aromatic nitrogens is 2. The van der Waals surface area contributed by atoms with Crippen LogP contribution in [0.15, 0.2) is 24.5 Å². The highest BCUT2D eigenvalue weighted by Gasteiger charge is 2.07. The number of aromatic amines is 1. The molecule has 1 aromatic heterocycles. The van der Waals surface area contributed by atoms with Crippen LogP contribution in [-0.2, 0) is 0 Å². The van der Waals surface area contributed by atoms with Gasteiger partial charge in [0.2, 0.25) is 0 Å². The number of anilines is 1. The van der Waals surface area contributed by atoms with E-state index in [1.807, 2.05) is 19.2 Å². The number of nitrogens with zero attached hydrogens (tertiary/aromatic N) is 2. The molecule has 0 aliphatic rings. The van der Waals surface area contributed by atoms with Gasteiger partial charge in [0.15, 0.2) is 0 Å². The van der Waals surface area contributed by atoms with Crippen molar-refractivity contribution in [3.05, 3.63) is 24.5 Å². The molecule has 0 fully saturated rings. The largest absolute Gasteiger partial charge is 0.373 e. The molecule has 5 heteroatoms. The molecular formula is C11H17N5. The maximum atomic E-state index is 5.82. The third kappa shape index (κ3) is 2.15. The van der Waals surface area contributed by atoms with Crippen molar-refractivity contribution in [2.24, 2.45) is 11.5 Å².